The lowest BCUT2D eigenvalue weighted by atomic mass is 10.1. The Bertz CT molecular complexity index is 411. The summed E-state index contributed by atoms with van der Waals surface area (Å²) in [6.07, 6.45) is 5.40. The van der Waals surface area contributed by atoms with E-state index in [1.54, 1.807) is 0 Å². The summed E-state index contributed by atoms with van der Waals surface area (Å²) >= 11 is 0. The summed E-state index contributed by atoms with van der Waals surface area (Å²) < 4.78 is 0. The van der Waals surface area contributed by atoms with Crippen LogP contribution in [0.15, 0.2) is 24.3 Å². The first kappa shape index (κ1) is 14.1. The minimum absolute atomic E-state index is 0.184. The second-order valence-corrected chi connectivity index (χ2v) is 5.40. The van der Waals surface area contributed by atoms with Crippen LogP contribution in [0, 0.1) is 6.92 Å². The molecule has 1 amide bonds. The number of carbonyl (C=O) groups is 1. The van der Waals surface area contributed by atoms with Crippen molar-refractivity contribution in [2.75, 3.05) is 6.54 Å². The van der Waals surface area contributed by atoms with Gasteiger partial charge in [0.05, 0.1) is 0 Å². The number of nitrogens with one attached hydrogen (secondary N) is 2. The lowest BCUT2D eigenvalue weighted by Gasteiger charge is -2.12. The van der Waals surface area contributed by atoms with Gasteiger partial charge in [-0.3, -0.25) is 4.79 Å². The van der Waals surface area contributed by atoms with E-state index in [-0.39, 0.29) is 5.91 Å². The highest BCUT2D eigenvalue weighted by atomic mass is 16.1. The van der Waals surface area contributed by atoms with Crippen molar-refractivity contribution in [2.24, 2.45) is 0 Å². The van der Waals surface area contributed by atoms with Crippen molar-refractivity contribution in [1.82, 2.24) is 10.6 Å². The highest BCUT2D eigenvalue weighted by Gasteiger charge is 2.16. The number of hydrogen-bond acceptors (Lipinski definition) is 2. The van der Waals surface area contributed by atoms with Gasteiger partial charge in [-0.2, -0.15) is 0 Å². The fourth-order valence-electron chi connectivity index (χ4n) is 2.60. The molecule has 3 nitrogen and oxygen atoms in total. The Morgan fingerprint density at radius 3 is 2.74 bits per heavy atom. The van der Waals surface area contributed by atoms with Crippen molar-refractivity contribution in [3.63, 3.8) is 0 Å². The normalized spacial score (nSPS) is 15.6. The molecule has 0 radical (unpaired) electrons. The van der Waals surface area contributed by atoms with Crippen molar-refractivity contribution in [3.05, 3.63) is 35.4 Å². The van der Waals surface area contributed by atoms with Crippen LogP contribution in [0.3, 0.4) is 0 Å². The first-order chi connectivity index (χ1) is 9.25. The highest BCUT2D eigenvalue weighted by Crippen LogP contribution is 2.17. The number of amides is 1. The van der Waals surface area contributed by atoms with E-state index in [0.29, 0.717) is 12.5 Å². The second kappa shape index (κ2) is 7.29. The van der Waals surface area contributed by atoms with Crippen LogP contribution in [-0.2, 0) is 11.3 Å². The van der Waals surface area contributed by atoms with Crippen molar-refractivity contribution in [1.29, 1.82) is 0 Å². The van der Waals surface area contributed by atoms with Crippen LogP contribution < -0.4 is 10.6 Å². The summed E-state index contributed by atoms with van der Waals surface area (Å²) in [6.45, 7) is 3.69. The summed E-state index contributed by atoms with van der Waals surface area (Å²) in [5.41, 5.74) is 2.60. The molecule has 19 heavy (non-hydrogen) atoms. The van der Waals surface area contributed by atoms with Crippen molar-refractivity contribution in [2.45, 2.75) is 51.6 Å². The largest absolute Gasteiger partial charge is 0.353 e. The van der Waals surface area contributed by atoms with Crippen molar-refractivity contribution in [3.8, 4) is 0 Å². The quantitative estimate of drug-likeness (QED) is 0.772. The third kappa shape index (κ3) is 4.67. The van der Waals surface area contributed by atoms with Crippen LogP contribution in [-0.4, -0.2) is 18.5 Å². The molecule has 2 rings (SSSR count). The number of aryl methyl sites for hydroxylation is 1. The molecule has 1 saturated carbocycles. The number of benzene rings is 1. The summed E-state index contributed by atoms with van der Waals surface area (Å²) in [7, 11) is 0. The van der Waals surface area contributed by atoms with Crippen molar-refractivity contribution < 1.29 is 4.79 Å². The van der Waals surface area contributed by atoms with Gasteiger partial charge in [-0.05, 0) is 30.9 Å². The zero-order chi connectivity index (χ0) is 13.5. The Hall–Kier alpha value is -1.35. The Morgan fingerprint density at radius 1 is 1.26 bits per heavy atom. The Morgan fingerprint density at radius 2 is 2.00 bits per heavy atom. The molecule has 0 aromatic heterocycles. The molecule has 0 unspecified atom stereocenters. The number of carbonyl (C=O) groups excluding carboxylic acids is 1. The molecule has 1 aliphatic rings. The summed E-state index contributed by atoms with van der Waals surface area (Å²) in [4.78, 5) is 11.7. The van der Waals surface area contributed by atoms with Gasteiger partial charge in [0, 0.05) is 25.6 Å². The van der Waals surface area contributed by atoms with E-state index in [2.05, 4.69) is 35.8 Å². The Balaban J connectivity index is 1.61. The van der Waals surface area contributed by atoms with E-state index < -0.39 is 0 Å². The predicted octanol–water partition coefficient (Wildman–Crippen LogP) is 2.53. The maximum atomic E-state index is 11.7. The van der Waals surface area contributed by atoms with Crippen molar-refractivity contribution >= 4 is 5.91 Å². The fourth-order valence-corrected chi connectivity index (χ4v) is 2.60. The first-order valence-electron chi connectivity index (χ1n) is 7.30. The molecule has 2 N–H and O–H groups in total. The van der Waals surface area contributed by atoms with Gasteiger partial charge in [0.2, 0.25) is 5.91 Å². The highest BCUT2D eigenvalue weighted by molar-refractivity contribution is 5.76. The van der Waals surface area contributed by atoms with E-state index >= 15 is 0 Å². The number of hydrogen-bond donors (Lipinski definition) is 2. The molecule has 1 aliphatic carbocycles. The Labute approximate surface area is 115 Å². The summed E-state index contributed by atoms with van der Waals surface area (Å²) in [5.74, 6) is 0.184. The molecule has 0 aliphatic heterocycles. The van der Waals surface area contributed by atoms with Gasteiger partial charge in [-0.25, -0.2) is 0 Å². The van der Waals surface area contributed by atoms with Crippen LogP contribution in [0.5, 0.6) is 0 Å². The van der Waals surface area contributed by atoms with Gasteiger partial charge in [0.25, 0.3) is 0 Å². The zero-order valence-electron chi connectivity index (χ0n) is 11.7. The number of rotatable bonds is 6. The molecule has 0 spiro atoms. The van der Waals surface area contributed by atoms with E-state index in [4.69, 9.17) is 0 Å². The third-order valence-corrected chi connectivity index (χ3v) is 3.83. The van der Waals surface area contributed by atoms with Crippen LogP contribution in [0.1, 0.15) is 43.2 Å². The van der Waals surface area contributed by atoms with Gasteiger partial charge < -0.3 is 10.6 Å². The molecule has 0 saturated heterocycles. The average Bonchev–Trinajstić information content (AvgIpc) is 2.89. The van der Waals surface area contributed by atoms with Crippen LogP contribution in [0.2, 0.25) is 0 Å². The lowest BCUT2D eigenvalue weighted by Crippen LogP contribution is -2.34. The fraction of sp³-hybridized carbons (Fsp3) is 0.562. The molecule has 1 fully saturated rings. The van der Waals surface area contributed by atoms with E-state index in [1.165, 1.54) is 24.0 Å². The maximum Gasteiger partial charge on any atom is 0.221 e. The minimum Gasteiger partial charge on any atom is -0.353 e. The lowest BCUT2D eigenvalue weighted by molar-refractivity contribution is -0.121. The molecule has 0 bridgehead atoms. The first-order valence-corrected chi connectivity index (χ1v) is 7.30. The van der Waals surface area contributed by atoms with Gasteiger partial charge in [-0.1, -0.05) is 37.1 Å². The van der Waals surface area contributed by atoms with Gasteiger partial charge in [0.15, 0.2) is 0 Å². The molecule has 104 valence electrons. The van der Waals surface area contributed by atoms with Crippen LogP contribution in [0.4, 0.5) is 0 Å². The van der Waals surface area contributed by atoms with E-state index in [1.807, 2.05) is 6.07 Å². The smallest absolute Gasteiger partial charge is 0.221 e. The molecule has 3 heteroatoms. The van der Waals surface area contributed by atoms with Gasteiger partial charge >= 0.3 is 0 Å². The van der Waals surface area contributed by atoms with E-state index in [9.17, 15) is 4.79 Å². The Kier molecular flexibility index (Phi) is 5.40. The zero-order valence-corrected chi connectivity index (χ0v) is 11.7. The third-order valence-electron chi connectivity index (χ3n) is 3.83. The van der Waals surface area contributed by atoms with Crippen LogP contribution >= 0.6 is 0 Å². The minimum atomic E-state index is 0.184. The summed E-state index contributed by atoms with van der Waals surface area (Å²) in [6, 6.07) is 8.78. The maximum absolute atomic E-state index is 11.7. The molecule has 1 aromatic rings. The topological polar surface area (TPSA) is 41.1 Å². The monoisotopic (exact) mass is 260 g/mol. The summed E-state index contributed by atoms with van der Waals surface area (Å²) in [5, 5.41) is 6.45. The molecule has 1 aromatic carbocycles. The predicted molar refractivity (Wildman–Crippen MR) is 77.9 cm³/mol. The molecular formula is C16H24N2O. The molecular weight excluding hydrogens is 236 g/mol. The SMILES string of the molecule is Cc1ccccc1CNCCC(=O)NC1CCCC1. The average molecular weight is 260 g/mol. The van der Waals surface area contributed by atoms with Crippen LogP contribution in [0.25, 0.3) is 0 Å². The van der Waals surface area contributed by atoms with E-state index in [0.717, 1.165) is 25.9 Å². The second-order valence-electron chi connectivity index (χ2n) is 5.40. The molecule has 0 atom stereocenters. The molecule has 0 heterocycles. The van der Waals surface area contributed by atoms with Gasteiger partial charge in [0.1, 0.15) is 0 Å². The van der Waals surface area contributed by atoms with Gasteiger partial charge in [-0.15, -0.1) is 0 Å². The standard InChI is InChI=1S/C16H24N2O/c1-13-6-2-3-7-14(13)12-17-11-10-16(19)18-15-8-4-5-9-15/h2-3,6-7,15,17H,4-5,8-12H2,1H3,(H,18,19).